The van der Waals surface area contributed by atoms with Gasteiger partial charge < -0.3 is 28.5 Å². The van der Waals surface area contributed by atoms with E-state index in [1.54, 1.807) is 0 Å². The van der Waals surface area contributed by atoms with E-state index < -0.39 is 18.4 Å². The molecule has 0 rings (SSSR count). The highest BCUT2D eigenvalue weighted by molar-refractivity contribution is 5.71. The summed E-state index contributed by atoms with van der Waals surface area (Å²) in [7, 11) is 6.00. The Balaban J connectivity index is 3.98. The van der Waals surface area contributed by atoms with Crippen LogP contribution in [0, 0.1) is 0 Å². The second kappa shape index (κ2) is 69.1. The maximum Gasteiger partial charge on any atom is 0.361 e. The van der Waals surface area contributed by atoms with Gasteiger partial charge in [0.2, 0.25) is 0 Å². The summed E-state index contributed by atoms with van der Waals surface area (Å²) >= 11 is 0. The number of carbonyl (C=O) groups excluding carboxylic acids is 2. The molecule has 0 radical (unpaired) electrons. The highest BCUT2D eigenvalue weighted by atomic mass is 16.7. The van der Waals surface area contributed by atoms with Crippen LogP contribution in [0.25, 0.3) is 0 Å². The van der Waals surface area contributed by atoms with Gasteiger partial charge in [-0.25, -0.2) is 4.79 Å². The summed E-state index contributed by atoms with van der Waals surface area (Å²) in [6, 6.07) is 0. The van der Waals surface area contributed by atoms with Crippen molar-refractivity contribution in [3.8, 4) is 0 Å². The Hall–Kier alpha value is -2.75. The molecule has 9 heteroatoms. The van der Waals surface area contributed by atoms with Gasteiger partial charge in [0.25, 0.3) is 6.29 Å². The first kappa shape index (κ1) is 84.2. The third-order valence-electron chi connectivity index (χ3n) is 17.1. The summed E-state index contributed by atoms with van der Waals surface area (Å²) in [5, 5.41) is 9.76. The minimum absolute atomic E-state index is 0.175. The number of likely N-dealkylation sites (N-methyl/N-ethyl adjacent to an activating group) is 1. The molecule has 510 valence electrons. The number of allylic oxidation sites excluding steroid dienone is 8. The number of ether oxygens (including phenoxy) is 4. The van der Waals surface area contributed by atoms with Crippen LogP contribution in [0.15, 0.2) is 48.6 Å². The summed E-state index contributed by atoms with van der Waals surface area (Å²) in [5.74, 6) is -1.97. The molecule has 0 aliphatic rings. The van der Waals surface area contributed by atoms with Crippen LogP contribution in [0.2, 0.25) is 0 Å². The van der Waals surface area contributed by atoms with Gasteiger partial charge in [-0.05, 0) is 51.4 Å². The number of aliphatic carboxylic acids is 1. The number of esters is 2. The first-order valence-corrected chi connectivity index (χ1v) is 37.8. The van der Waals surface area contributed by atoms with Crippen molar-refractivity contribution < 1.29 is 42.9 Å². The Morgan fingerprint density at radius 1 is 0.356 bits per heavy atom. The van der Waals surface area contributed by atoms with E-state index in [0.29, 0.717) is 17.4 Å². The molecule has 0 amide bonds. The van der Waals surface area contributed by atoms with Crippen molar-refractivity contribution in [2.45, 2.75) is 386 Å². The molecule has 0 aromatic rings. The van der Waals surface area contributed by atoms with E-state index in [0.717, 1.165) is 64.2 Å². The van der Waals surface area contributed by atoms with Crippen molar-refractivity contribution in [1.29, 1.82) is 0 Å². The predicted molar refractivity (Wildman–Crippen MR) is 374 cm³/mol. The second-order valence-corrected chi connectivity index (χ2v) is 26.9. The second-order valence-electron chi connectivity index (χ2n) is 26.9. The molecule has 0 heterocycles. The summed E-state index contributed by atoms with van der Waals surface area (Å²) in [4.78, 5) is 37.7. The first-order valence-electron chi connectivity index (χ1n) is 37.8. The van der Waals surface area contributed by atoms with Gasteiger partial charge in [-0.15, -0.1) is 0 Å². The lowest BCUT2D eigenvalue weighted by Crippen LogP contribution is -2.40. The topological polar surface area (TPSA) is 108 Å². The first-order chi connectivity index (χ1) is 42.6. The van der Waals surface area contributed by atoms with Crippen molar-refractivity contribution >= 4 is 17.9 Å². The molecule has 0 aliphatic heterocycles. The number of quaternary nitrogens is 1. The van der Waals surface area contributed by atoms with Crippen LogP contribution < -0.4 is 0 Å². The fraction of sp³-hybridized carbons (Fsp3) is 0.859. The molecular formula is C78H146NO8+. The van der Waals surface area contributed by atoms with E-state index in [9.17, 15) is 19.5 Å². The van der Waals surface area contributed by atoms with E-state index in [1.165, 1.54) is 283 Å². The zero-order chi connectivity index (χ0) is 63.3. The highest BCUT2D eigenvalue weighted by Gasteiger charge is 2.25. The van der Waals surface area contributed by atoms with Gasteiger partial charge in [0.1, 0.15) is 13.2 Å². The van der Waals surface area contributed by atoms with E-state index in [4.69, 9.17) is 18.9 Å². The van der Waals surface area contributed by atoms with Crippen LogP contribution in [0.1, 0.15) is 373 Å². The number of unbranched alkanes of at least 4 members (excludes halogenated alkanes) is 48. The monoisotopic (exact) mass is 1230 g/mol. The lowest BCUT2D eigenvalue weighted by atomic mass is 10.0. The molecule has 87 heavy (non-hydrogen) atoms. The van der Waals surface area contributed by atoms with Gasteiger partial charge in [0, 0.05) is 12.8 Å². The SMILES string of the molecule is CC/C=C\C/C=C\C/C=C\C/C=C\CCCCCCCCCCCCCCCCCCCCCCCCCCC(=O)OC(COC(=O)CCCCCCCCCCCCCCCCCCCCCCCCCCC)COC(OCC[N+](C)(C)C)C(=O)O. The molecule has 0 spiro atoms. The molecule has 0 fully saturated rings. The zero-order valence-electron chi connectivity index (χ0n) is 58.5. The average Bonchev–Trinajstić information content (AvgIpc) is 3.57. The zero-order valence-corrected chi connectivity index (χ0v) is 58.5. The van der Waals surface area contributed by atoms with E-state index >= 15 is 0 Å². The number of hydrogen-bond donors (Lipinski definition) is 1. The van der Waals surface area contributed by atoms with Gasteiger partial charge >= 0.3 is 17.9 Å². The molecule has 0 aromatic carbocycles. The molecule has 2 unspecified atom stereocenters. The summed E-state index contributed by atoms with van der Waals surface area (Å²) in [5.41, 5.74) is 0. The number of carboxylic acid groups (broad SMARTS) is 1. The highest BCUT2D eigenvalue weighted by Crippen LogP contribution is 2.19. The molecular weight excluding hydrogens is 1080 g/mol. The Labute approximate surface area is 540 Å². The smallest absolute Gasteiger partial charge is 0.361 e. The van der Waals surface area contributed by atoms with Gasteiger partial charge in [0.15, 0.2) is 6.10 Å². The van der Waals surface area contributed by atoms with Crippen molar-refractivity contribution in [1.82, 2.24) is 0 Å². The maximum atomic E-state index is 13.0. The normalized spacial score (nSPS) is 12.9. The molecule has 0 aliphatic carbocycles. The van der Waals surface area contributed by atoms with Crippen molar-refractivity contribution in [2.24, 2.45) is 0 Å². The van der Waals surface area contributed by atoms with Gasteiger partial charge in [0.05, 0.1) is 34.4 Å². The largest absolute Gasteiger partial charge is 0.477 e. The van der Waals surface area contributed by atoms with Gasteiger partial charge in [-0.2, -0.15) is 0 Å². The van der Waals surface area contributed by atoms with Crippen LogP contribution in [0.3, 0.4) is 0 Å². The minimum atomic E-state index is -1.51. The lowest BCUT2D eigenvalue weighted by Gasteiger charge is -2.25. The molecule has 9 nitrogen and oxygen atoms in total. The molecule has 1 N–H and O–H groups in total. The predicted octanol–water partition coefficient (Wildman–Crippen LogP) is 23.7. The van der Waals surface area contributed by atoms with Gasteiger partial charge in [-0.3, -0.25) is 9.59 Å². The molecule has 0 aromatic heterocycles. The fourth-order valence-electron chi connectivity index (χ4n) is 11.4. The van der Waals surface area contributed by atoms with Crippen molar-refractivity contribution in [2.75, 3.05) is 47.5 Å². The number of hydrogen-bond acceptors (Lipinski definition) is 7. The standard InChI is InChI=1S/C78H145NO8/c1-6-8-10-12-14-16-18-20-22-24-26-28-30-32-33-34-35-36-37-38-39-40-41-42-43-45-47-49-51-53-55-57-59-61-63-65-67-69-76(81)87-74(73-86-78(77(82)83)84-71-70-79(3,4)5)72-85-75(80)68-66-64-62-60-58-56-54-52-50-48-46-44-31-29-27-25-23-21-19-17-15-13-11-9-7-2/h8,10,14,16,20,22,26,28,74,78H,6-7,9,11-13,15,17-19,21,23-25,27,29-73H2,1-5H3/p+1/b10-8-,16-14-,22-20-,28-26-. The number of rotatable bonds is 71. The van der Waals surface area contributed by atoms with E-state index in [-0.39, 0.29) is 38.2 Å². The molecule has 0 bridgehead atoms. The van der Waals surface area contributed by atoms with Crippen LogP contribution in [-0.4, -0.2) is 87.4 Å². The Morgan fingerprint density at radius 2 is 0.655 bits per heavy atom. The van der Waals surface area contributed by atoms with Crippen LogP contribution in [-0.2, 0) is 33.3 Å². The Morgan fingerprint density at radius 3 is 0.977 bits per heavy atom. The lowest BCUT2D eigenvalue weighted by molar-refractivity contribution is -0.870. The average molecular weight is 1230 g/mol. The fourth-order valence-corrected chi connectivity index (χ4v) is 11.4. The van der Waals surface area contributed by atoms with Crippen LogP contribution >= 0.6 is 0 Å². The Bertz CT molecular complexity index is 1570. The Kier molecular flexibility index (Phi) is 67.0. The molecule has 0 saturated carbocycles. The third kappa shape index (κ3) is 70.6. The molecule has 0 saturated heterocycles. The van der Waals surface area contributed by atoms with Crippen molar-refractivity contribution in [3.63, 3.8) is 0 Å². The number of carboxylic acids is 1. The summed E-state index contributed by atoms with van der Waals surface area (Å²) < 4.78 is 23.0. The number of nitrogens with zero attached hydrogens (tertiary/aromatic N) is 1. The minimum Gasteiger partial charge on any atom is -0.477 e. The van der Waals surface area contributed by atoms with Crippen LogP contribution in [0.4, 0.5) is 0 Å². The summed E-state index contributed by atoms with van der Waals surface area (Å²) in [6.07, 6.45) is 86.8. The van der Waals surface area contributed by atoms with Crippen molar-refractivity contribution in [3.05, 3.63) is 48.6 Å². The quantitative estimate of drug-likeness (QED) is 0.0211. The molecule has 2 atom stereocenters. The maximum absolute atomic E-state index is 13.0. The number of carbonyl (C=O) groups is 3. The van der Waals surface area contributed by atoms with Gasteiger partial charge in [-0.1, -0.05) is 358 Å². The van der Waals surface area contributed by atoms with Crippen LogP contribution in [0.5, 0.6) is 0 Å². The van der Waals surface area contributed by atoms with E-state index in [1.807, 2.05) is 21.1 Å². The van der Waals surface area contributed by atoms with E-state index in [2.05, 4.69) is 62.5 Å². The third-order valence-corrected chi connectivity index (χ3v) is 17.1. The summed E-state index contributed by atoms with van der Waals surface area (Å²) in [6.45, 7) is 4.84.